The molecule has 0 aliphatic rings. The summed E-state index contributed by atoms with van der Waals surface area (Å²) in [5, 5.41) is 0. The highest BCUT2D eigenvalue weighted by atomic mass is 31.2. The van der Waals surface area contributed by atoms with Crippen LogP contribution in [0.15, 0.2) is 60.8 Å². The molecule has 0 aromatic heterocycles. The first kappa shape index (κ1) is 51.4. The quantitative estimate of drug-likeness (QED) is 0.0155. The van der Waals surface area contributed by atoms with Crippen molar-refractivity contribution in [2.75, 3.05) is 26.4 Å². The first-order chi connectivity index (χ1) is 26.2. The Morgan fingerprint density at radius 3 is 1.83 bits per heavy atom. The van der Waals surface area contributed by atoms with Crippen molar-refractivity contribution in [1.82, 2.24) is 0 Å². The Kier molecular flexibility index (Phi) is 36.8. The van der Waals surface area contributed by atoms with Crippen LogP contribution in [0.2, 0.25) is 0 Å². The van der Waals surface area contributed by atoms with Crippen LogP contribution in [0.25, 0.3) is 0 Å². The number of hydrogen-bond acceptors (Lipinski definition) is 9. The second-order valence-corrected chi connectivity index (χ2v) is 15.0. The van der Waals surface area contributed by atoms with E-state index in [0.29, 0.717) is 19.3 Å². The van der Waals surface area contributed by atoms with Crippen molar-refractivity contribution < 1.29 is 42.4 Å². The van der Waals surface area contributed by atoms with Gasteiger partial charge < -0.3 is 20.1 Å². The maximum atomic E-state index is 12.5. The molecule has 0 aliphatic carbocycles. The van der Waals surface area contributed by atoms with Crippen LogP contribution in [-0.2, 0) is 37.5 Å². The van der Waals surface area contributed by atoms with Gasteiger partial charge in [0.15, 0.2) is 11.9 Å². The summed E-state index contributed by atoms with van der Waals surface area (Å²) in [4.78, 5) is 46.8. The third kappa shape index (κ3) is 37.7. The van der Waals surface area contributed by atoms with Crippen molar-refractivity contribution in [2.24, 2.45) is 5.73 Å². The second kappa shape index (κ2) is 38.6. The Labute approximate surface area is 327 Å². The Bertz CT molecular complexity index is 1130. The van der Waals surface area contributed by atoms with Gasteiger partial charge in [0.25, 0.3) is 0 Å². The van der Waals surface area contributed by atoms with Gasteiger partial charge in [0.2, 0.25) is 0 Å². The molecule has 11 heteroatoms. The number of hydrogen-bond donors (Lipinski definition) is 2. The normalized spacial score (nSPS) is 13.9. The van der Waals surface area contributed by atoms with Gasteiger partial charge in [-0.25, -0.2) is 4.57 Å². The van der Waals surface area contributed by atoms with Crippen molar-refractivity contribution >= 4 is 25.5 Å². The van der Waals surface area contributed by atoms with Gasteiger partial charge in [-0.1, -0.05) is 133 Å². The summed E-state index contributed by atoms with van der Waals surface area (Å²) in [6, 6.07) is 0. The van der Waals surface area contributed by atoms with Crippen molar-refractivity contribution in [3.63, 3.8) is 0 Å². The lowest BCUT2D eigenvalue weighted by Gasteiger charge is -2.19. The van der Waals surface area contributed by atoms with Crippen LogP contribution in [0.1, 0.15) is 162 Å². The molecule has 0 amide bonds. The number of phosphoric acid groups is 1. The predicted octanol–water partition coefficient (Wildman–Crippen LogP) is 10.9. The summed E-state index contributed by atoms with van der Waals surface area (Å²) in [5.41, 5.74) is 5.33. The summed E-state index contributed by atoms with van der Waals surface area (Å²) in [7, 11) is -4.42. The molecule has 0 aromatic carbocycles. The fourth-order valence-electron chi connectivity index (χ4n) is 5.22. The standard InChI is InChI=1S/C43H74NO9P/c1-3-5-7-9-11-12-13-14-15-16-17-18-19-20-22-26-30-34-42(46)50-38-41(39-52-54(48,49)51-37-36-44)53-43(47)35-31-27-23-25-29-33-40(45)32-28-24-21-10-8-6-4-2/h14-15,17-18,20-22,24,28,32,41H,3-13,16,19,23,25-27,29-31,33-39,44H2,1-2H3,(H,48,49)/b15-14-,18-17-,22-20-,24-21-,32-28+/t41-/m1/s1. The third-order valence-electron chi connectivity index (χ3n) is 8.35. The van der Waals surface area contributed by atoms with E-state index in [1.54, 1.807) is 6.08 Å². The number of unbranched alkanes of at least 4 members (excludes halogenated alkanes) is 14. The number of phosphoric ester groups is 1. The van der Waals surface area contributed by atoms with Gasteiger partial charge in [-0.3, -0.25) is 23.4 Å². The fraction of sp³-hybridized carbons (Fsp3) is 0.698. The van der Waals surface area contributed by atoms with E-state index in [0.717, 1.165) is 57.8 Å². The molecule has 0 rings (SSSR count). The van der Waals surface area contributed by atoms with Gasteiger partial charge in [-0.2, -0.15) is 0 Å². The van der Waals surface area contributed by atoms with E-state index in [4.69, 9.17) is 24.3 Å². The molecular weight excluding hydrogens is 705 g/mol. The van der Waals surface area contributed by atoms with E-state index in [1.807, 2.05) is 18.2 Å². The number of nitrogens with two attached hydrogens (primary N) is 1. The molecule has 0 aliphatic heterocycles. The number of carbonyl (C=O) groups excluding carboxylic acids is 3. The molecule has 0 spiro atoms. The van der Waals surface area contributed by atoms with Crippen LogP contribution < -0.4 is 5.73 Å². The molecule has 0 bridgehead atoms. The minimum atomic E-state index is -4.42. The first-order valence-corrected chi connectivity index (χ1v) is 22.2. The third-order valence-corrected chi connectivity index (χ3v) is 9.34. The monoisotopic (exact) mass is 780 g/mol. The Morgan fingerprint density at radius 1 is 0.611 bits per heavy atom. The number of esters is 2. The molecule has 10 nitrogen and oxygen atoms in total. The van der Waals surface area contributed by atoms with Crippen LogP contribution in [0.5, 0.6) is 0 Å². The van der Waals surface area contributed by atoms with E-state index in [1.165, 1.54) is 57.8 Å². The second-order valence-electron chi connectivity index (χ2n) is 13.5. The minimum absolute atomic E-state index is 0.0248. The molecule has 0 aromatic rings. The highest BCUT2D eigenvalue weighted by molar-refractivity contribution is 7.47. The van der Waals surface area contributed by atoms with Crippen LogP contribution in [0.3, 0.4) is 0 Å². The molecule has 2 atom stereocenters. The Morgan fingerprint density at radius 2 is 1.15 bits per heavy atom. The highest BCUT2D eigenvalue weighted by Gasteiger charge is 2.26. The molecule has 0 radical (unpaired) electrons. The highest BCUT2D eigenvalue weighted by Crippen LogP contribution is 2.43. The number of allylic oxidation sites excluding steroid dienone is 10. The van der Waals surface area contributed by atoms with Crippen molar-refractivity contribution in [3.05, 3.63) is 60.8 Å². The smallest absolute Gasteiger partial charge is 0.462 e. The minimum Gasteiger partial charge on any atom is -0.462 e. The maximum absolute atomic E-state index is 12.5. The van der Waals surface area contributed by atoms with Gasteiger partial charge in [0.05, 0.1) is 13.2 Å². The number of carbonyl (C=O) groups is 3. The Hall–Kier alpha value is -2.62. The molecule has 54 heavy (non-hydrogen) atoms. The number of ketones is 1. The molecule has 1 unspecified atom stereocenters. The van der Waals surface area contributed by atoms with Crippen LogP contribution in [0, 0.1) is 0 Å². The van der Waals surface area contributed by atoms with Crippen LogP contribution in [0.4, 0.5) is 0 Å². The number of ether oxygens (including phenoxy) is 2. The lowest BCUT2D eigenvalue weighted by molar-refractivity contribution is -0.161. The zero-order chi connectivity index (χ0) is 39.8. The summed E-state index contributed by atoms with van der Waals surface area (Å²) in [6.45, 7) is 3.46. The molecule has 0 saturated carbocycles. The van der Waals surface area contributed by atoms with E-state index in [9.17, 15) is 23.8 Å². The topological polar surface area (TPSA) is 151 Å². The zero-order valence-corrected chi connectivity index (χ0v) is 34.6. The van der Waals surface area contributed by atoms with E-state index in [2.05, 4.69) is 50.3 Å². The largest absolute Gasteiger partial charge is 0.472 e. The van der Waals surface area contributed by atoms with Crippen molar-refractivity contribution in [2.45, 2.75) is 168 Å². The van der Waals surface area contributed by atoms with Gasteiger partial charge in [0.1, 0.15) is 6.61 Å². The van der Waals surface area contributed by atoms with Gasteiger partial charge in [0, 0.05) is 25.8 Å². The maximum Gasteiger partial charge on any atom is 0.472 e. The van der Waals surface area contributed by atoms with Gasteiger partial charge in [-0.15, -0.1) is 0 Å². The van der Waals surface area contributed by atoms with E-state index in [-0.39, 0.29) is 38.4 Å². The van der Waals surface area contributed by atoms with Crippen molar-refractivity contribution in [3.8, 4) is 0 Å². The average Bonchev–Trinajstić information content (AvgIpc) is 3.15. The van der Waals surface area contributed by atoms with E-state index >= 15 is 0 Å². The predicted molar refractivity (Wildman–Crippen MR) is 220 cm³/mol. The zero-order valence-electron chi connectivity index (χ0n) is 33.7. The molecule has 310 valence electrons. The van der Waals surface area contributed by atoms with Crippen molar-refractivity contribution in [1.29, 1.82) is 0 Å². The Balaban J connectivity index is 4.36. The van der Waals surface area contributed by atoms with Crippen LogP contribution in [-0.4, -0.2) is 55.1 Å². The number of rotatable bonds is 38. The summed E-state index contributed by atoms with van der Waals surface area (Å²) in [5.74, 6) is -0.877. The van der Waals surface area contributed by atoms with Crippen LogP contribution >= 0.6 is 7.82 Å². The lowest BCUT2D eigenvalue weighted by Crippen LogP contribution is -2.29. The fourth-order valence-corrected chi connectivity index (χ4v) is 5.98. The first-order valence-electron chi connectivity index (χ1n) is 20.7. The van der Waals surface area contributed by atoms with E-state index < -0.39 is 32.5 Å². The molecule has 3 N–H and O–H groups in total. The van der Waals surface area contributed by atoms with Gasteiger partial charge >= 0.3 is 19.8 Å². The summed E-state index contributed by atoms with van der Waals surface area (Å²) in [6.07, 6.45) is 40.8. The van der Waals surface area contributed by atoms with Gasteiger partial charge in [-0.05, 0) is 70.3 Å². The SMILES string of the molecule is CCCCC/C=C\C=C\C(=O)CCCCCCCC(=O)O[C@H](COC(=O)CCC/C=C\C/C=C\C/C=C\CCCCCCCC)COP(=O)(O)OCCN. The molecule has 0 saturated heterocycles. The summed E-state index contributed by atoms with van der Waals surface area (Å²) < 4.78 is 32.6. The summed E-state index contributed by atoms with van der Waals surface area (Å²) >= 11 is 0. The molecular formula is C43H74NO9P. The molecule has 0 fully saturated rings. The lowest BCUT2D eigenvalue weighted by atomic mass is 10.1. The average molecular weight is 780 g/mol. The molecule has 0 heterocycles.